The number of anilines is 2. The Kier molecular flexibility index (Phi) is 3.36. The maximum absolute atomic E-state index is 4.70. The predicted molar refractivity (Wildman–Crippen MR) is 98.1 cm³/mol. The number of rotatable bonds is 2. The number of nitrogens with zero attached hydrogens (tertiary/aromatic N) is 5. The molecule has 24 heavy (non-hydrogen) atoms. The van der Waals surface area contributed by atoms with E-state index < -0.39 is 0 Å². The third-order valence-electron chi connectivity index (χ3n) is 5.09. The molecule has 0 amide bonds. The van der Waals surface area contributed by atoms with Crippen LogP contribution in [-0.4, -0.2) is 40.5 Å². The molecule has 3 aromatic rings. The van der Waals surface area contributed by atoms with Gasteiger partial charge in [0.1, 0.15) is 18.0 Å². The highest BCUT2D eigenvalue weighted by Gasteiger charge is 2.25. The minimum Gasteiger partial charge on any atom is -0.353 e. The molecule has 1 aromatic carbocycles. The molecule has 0 N–H and O–H groups in total. The average Bonchev–Trinajstić information content (AvgIpc) is 3.28. The standard InChI is InChI=1S/C18H19N5S/c1-2-7-16-14(4-1)18(21-24-16)23-10-8-22(9-11-23)17-13-5-3-6-15(13)19-12-20-17/h1-2,4,7,12H,3,5-6,8-11H2. The van der Waals surface area contributed by atoms with Crippen molar-refractivity contribution in [1.29, 1.82) is 0 Å². The summed E-state index contributed by atoms with van der Waals surface area (Å²) < 4.78 is 5.97. The Morgan fingerprint density at radius 3 is 2.54 bits per heavy atom. The van der Waals surface area contributed by atoms with Gasteiger partial charge >= 0.3 is 0 Å². The van der Waals surface area contributed by atoms with Crippen LogP contribution in [0.1, 0.15) is 17.7 Å². The highest BCUT2D eigenvalue weighted by atomic mass is 32.1. The van der Waals surface area contributed by atoms with Crippen molar-refractivity contribution in [2.45, 2.75) is 19.3 Å². The van der Waals surface area contributed by atoms with Gasteiger partial charge in [-0.2, -0.15) is 4.37 Å². The van der Waals surface area contributed by atoms with Gasteiger partial charge in [-0.1, -0.05) is 12.1 Å². The van der Waals surface area contributed by atoms with Gasteiger partial charge in [0.15, 0.2) is 0 Å². The molecule has 0 saturated carbocycles. The van der Waals surface area contributed by atoms with Crippen LogP contribution in [-0.2, 0) is 12.8 Å². The van der Waals surface area contributed by atoms with Crippen molar-refractivity contribution < 1.29 is 0 Å². The van der Waals surface area contributed by atoms with E-state index >= 15 is 0 Å². The predicted octanol–water partition coefficient (Wildman–Crippen LogP) is 2.90. The van der Waals surface area contributed by atoms with Gasteiger partial charge in [0.05, 0.1) is 4.70 Å². The quantitative estimate of drug-likeness (QED) is 0.719. The molecule has 1 aliphatic heterocycles. The summed E-state index contributed by atoms with van der Waals surface area (Å²) in [5.74, 6) is 2.31. The van der Waals surface area contributed by atoms with Crippen LogP contribution in [0.15, 0.2) is 30.6 Å². The van der Waals surface area contributed by atoms with Crippen molar-refractivity contribution in [2.75, 3.05) is 36.0 Å². The van der Waals surface area contributed by atoms with E-state index in [1.165, 1.54) is 33.6 Å². The molecule has 5 nitrogen and oxygen atoms in total. The van der Waals surface area contributed by atoms with Crippen LogP contribution in [0.4, 0.5) is 11.6 Å². The summed E-state index contributed by atoms with van der Waals surface area (Å²) in [6.45, 7) is 3.98. The number of fused-ring (bicyclic) bond motifs is 2. The second kappa shape index (κ2) is 5.70. The van der Waals surface area contributed by atoms with Crippen LogP contribution in [0.5, 0.6) is 0 Å². The summed E-state index contributed by atoms with van der Waals surface area (Å²) in [6, 6.07) is 8.51. The molecule has 3 heterocycles. The molecule has 6 heteroatoms. The molecule has 1 aliphatic carbocycles. The minimum atomic E-state index is 0.993. The molecule has 0 bridgehead atoms. The maximum atomic E-state index is 4.70. The molecule has 0 unspecified atom stereocenters. The van der Waals surface area contributed by atoms with E-state index in [1.54, 1.807) is 17.9 Å². The fraction of sp³-hybridized carbons (Fsp3) is 0.389. The zero-order valence-electron chi connectivity index (χ0n) is 13.5. The van der Waals surface area contributed by atoms with Gasteiger partial charge in [0.25, 0.3) is 0 Å². The van der Waals surface area contributed by atoms with E-state index in [4.69, 9.17) is 4.37 Å². The Labute approximate surface area is 145 Å². The Bertz CT molecular complexity index is 882. The van der Waals surface area contributed by atoms with E-state index in [-0.39, 0.29) is 0 Å². The first kappa shape index (κ1) is 14.2. The average molecular weight is 337 g/mol. The van der Waals surface area contributed by atoms with Crippen LogP contribution in [0.2, 0.25) is 0 Å². The molecule has 2 aromatic heterocycles. The Morgan fingerprint density at radius 1 is 0.875 bits per heavy atom. The monoisotopic (exact) mass is 337 g/mol. The first-order chi connectivity index (χ1) is 11.9. The van der Waals surface area contributed by atoms with E-state index in [2.05, 4.69) is 44.0 Å². The highest BCUT2D eigenvalue weighted by Crippen LogP contribution is 2.32. The van der Waals surface area contributed by atoms with Gasteiger partial charge < -0.3 is 9.80 Å². The SMILES string of the molecule is c1ccc2c(N3CCN(c4ncnc5c4CCC5)CC3)nsc2c1. The first-order valence-electron chi connectivity index (χ1n) is 8.57. The molecule has 0 spiro atoms. The summed E-state index contributed by atoms with van der Waals surface area (Å²) in [6.07, 6.45) is 5.18. The number of hydrogen-bond acceptors (Lipinski definition) is 6. The Hall–Kier alpha value is -2.21. The molecule has 1 saturated heterocycles. The summed E-state index contributed by atoms with van der Waals surface area (Å²) in [5.41, 5.74) is 2.64. The normalized spacial score (nSPS) is 17.5. The molecule has 122 valence electrons. The lowest BCUT2D eigenvalue weighted by Crippen LogP contribution is -2.47. The summed E-state index contributed by atoms with van der Waals surface area (Å²) in [5, 5.41) is 1.28. The summed E-state index contributed by atoms with van der Waals surface area (Å²) in [4.78, 5) is 13.9. The number of aryl methyl sites for hydroxylation is 1. The van der Waals surface area contributed by atoms with Gasteiger partial charge in [0, 0.05) is 42.8 Å². The van der Waals surface area contributed by atoms with Gasteiger partial charge in [0.2, 0.25) is 0 Å². The van der Waals surface area contributed by atoms with E-state index in [0.29, 0.717) is 0 Å². The Balaban J connectivity index is 1.37. The number of aromatic nitrogens is 3. The smallest absolute Gasteiger partial charge is 0.150 e. The number of piperazine rings is 1. The van der Waals surface area contributed by atoms with E-state index in [1.807, 2.05) is 0 Å². The van der Waals surface area contributed by atoms with Crippen LogP contribution >= 0.6 is 11.5 Å². The van der Waals surface area contributed by atoms with Crippen molar-refractivity contribution in [3.8, 4) is 0 Å². The topological polar surface area (TPSA) is 45.2 Å². The first-order valence-corrected chi connectivity index (χ1v) is 9.34. The molecular formula is C18H19N5S. The third-order valence-corrected chi connectivity index (χ3v) is 5.91. The van der Waals surface area contributed by atoms with Crippen molar-refractivity contribution in [3.63, 3.8) is 0 Å². The number of hydrogen-bond donors (Lipinski definition) is 0. The zero-order chi connectivity index (χ0) is 15.9. The molecule has 1 fully saturated rings. The molecule has 0 radical (unpaired) electrons. The second-order valence-electron chi connectivity index (χ2n) is 6.45. The minimum absolute atomic E-state index is 0.993. The summed E-state index contributed by atoms with van der Waals surface area (Å²) in [7, 11) is 0. The van der Waals surface area contributed by atoms with Crippen LogP contribution in [0.25, 0.3) is 10.1 Å². The molecule has 5 rings (SSSR count). The van der Waals surface area contributed by atoms with Crippen LogP contribution in [0, 0.1) is 0 Å². The maximum Gasteiger partial charge on any atom is 0.150 e. The second-order valence-corrected chi connectivity index (χ2v) is 7.26. The lowest BCUT2D eigenvalue weighted by molar-refractivity contribution is 0.642. The van der Waals surface area contributed by atoms with Gasteiger partial charge in [-0.05, 0) is 42.9 Å². The van der Waals surface area contributed by atoms with E-state index in [0.717, 1.165) is 44.8 Å². The summed E-state index contributed by atoms with van der Waals surface area (Å²) >= 11 is 1.60. The molecular weight excluding hydrogens is 318 g/mol. The largest absolute Gasteiger partial charge is 0.353 e. The fourth-order valence-electron chi connectivity index (χ4n) is 3.85. The molecule has 2 aliphatic rings. The van der Waals surface area contributed by atoms with Crippen molar-refractivity contribution in [1.82, 2.24) is 14.3 Å². The van der Waals surface area contributed by atoms with E-state index in [9.17, 15) is 0 Å². The molecule has 0 atom stereocenters. The third kappa shape index (κ3) is 2.24. The highest BCUT2D eigenvalue weighted by molar-refractivity contribution is 7.13. The van der Waals surface area contributed by atoms with Gasteiger partial charge in [-0.15, -0.1) is 0 Å². The van der Waals surface area contributed by atoms with Gasteiger partial charge in [-0.3, -0.25) is 0 Å². The van der Waals surface area contributed by atoms with Crippen LogP contribution < -0.4 is 9.80 Å². The van der Waals surface area contributed by atoms with Crippen molar-refractivity contribution in [2.24, 2.45) is 0 Å². The Morgan fingerprint density at radius 2 is 1.67 bits per heavy atom. The van der Waals surface area contributed by atoms with Crippen molar-refractivity contribution in [3.05, 3.63) is 41.9 Å². The van der Waals surface area contributed by atoms with Gasteiger partial charge in [-0.25, -0.2) is 9.97 Å². The van der Waals surface area contributed by atoms with Crippen molar-refractivity contribution >= 4 is 33.3 Å². The zero-order valence-corrected chi connectivity index (χ0v) is 14.3. The fourth-order valence-corrected chi connectivity index (χ4v) is 4.64. The lowest BCUT2D eigenvalue weighted by atomic mass is 10.2. The van der Waals surface area contributed by atoms with Crippen LogP contribution in [0.3, 0.4) is 0 Å². The lowest BCUT2D eigenvalue weighted by Gasteiger charge is -2.36. The number of benzene rings is 1.